The highest BCUT2D eigenvalue weighted by molar-refractivity contribution is 7.88. The van der Waals surface area contributed by atoms with Gasteiger partial charge in [-0.05, 0) is 24.6 Å². The van der Waals surface area contributed by atoms with E-state index >= 15 is 0 Å². The van der Waals surface area contributed by atoms with E-state index < -0.39 is 56.4 Å². The summed E-state index contributed by atoms with van der Waals surface area (Å²) in [6.07, 6.45) is -11.2. The maximum absolute atomic E-state index is 13.3. The van der Waals surface area contributed by atoms with Crippen LogP contribution >= 0.6 is 0 Å². The first-order chi connectivity index (χ1) is 12.9. The minimum atomic E-state index is -6.70. The minimum absolute atomic E-state index is 0.0494. The van der Waals surface area contributed by atoms with Crippen LogP contribution in [0.4, 0.5) is 39.5 Å². The van der Waals surface area contributed by atoms with Gasteiger partial charge in [0.1, 0.15) is 5.56 Å². The molecule has 0 fully saturated rings. The van der Waals surface area contributed by atoms with Crippen molar-refractivity contribution >= 4 is 22.2 Å². The molecule has 0 spiro atoms. The van der Waals surface area contributed by atoms with Gasteiger partial charge in [0.05, 0.1) is 12.2 Å². The van der Waals surface area contributed by atoms with Crippen LogP contribution in [0.2, 0.25) is 0 Å². The van der Waals surface area contributed by atoms with Gasteiger partial charge in [0, 0.05) is 6.08 Å². The Bertz CT molecular complexity index is 896. The quantitative estimate of drug-likeness (QED) is 0.212. The Kier molecular flexibility index (Phi) is 6.88. The second kappa shape index (κ2) is 8.12. The van der Waals surface area contributed by atoms with E-state index in [0.29, 0.717) is 6.08 Å². The Hall–Kier alpha value is -2.45. The van der Waals surface area contributed by atoms with Gasteiger partial charge in [-0.15, -0.1) is 0 Å². The predicted molar refractivity (Wildman–Crippen MR) is 77.7 cm³/mol. The van der Waals surface area contributed by atoms with Gasteiger partial charge in [-0.2, -0.15) is 47.9 Å². The summed E-state index contributed by atoms with van der Waals surface area (Å²) < 4.78 is 146. The van der Waals surface area contributed by atoms with Crippen LogP contribution in [0, 0.1) is 0 Å². The molecule has 1 rings (SSSR count). The molecule has 164 valence electrons. The molecule has 5 nitrogen and oxygen atoms in total. The van der Waals surface area contributed by atoms with Crippen LogP contribution < -0.4 is 4.18 Å². The van der Waals surface area contributed by atoms with Crippen LogP contribution in [0.5, 0.6) is 5.75 Å². The molecule has 0 radical (unpaired) electrons. The maximum atomic E-state index is 13.3. The van der Waals surface area contributed by atoms with Crippen LogP contribution in [0.25, 0.3) is 6.08 Å². The number of halogens is 9. The van der Waals surface area contributed by atoms with Crippen LogP contribution in [0.3, 0.4) is 0 Å². The second-order valence-electron chi connectivity index (χ2n) is 4.97. The Morgan fingerprint density at radius 2 is 1.48 bits per heavy atom. The van der Waals surface area contributed by atoms with E-state index in [2.05, 4.69) is 8.92 Å². The zero-order chi connectivity index (χ0) is 22.8. The molecule has 0 atom stereocenters. The summed E-state index contributed by atoms with van der Waals surface area (Å²) in [6.45, 7) is 1.13. The van der Waals surface area contributed by atoms with E-state index in [1.807, 2.05) is 0 Å². The first-order valence-electron chi connectivity index (χ1n) is 7.08. The molecule has 0 N–H and O–H groups in total. The lowest BCUT2D eigenvalue weighted by molar-refractivity contribution is -0.162. The number of alkyl halides is 9. The van der Waals surface area contributed by atoms with Crippen molar-refractivity contribution in [3.63, 3.8) is 0 Å². The maximum Gasteiger partial charge on any atom is 0.534 e. The fraction of sp³-hybridized carbons (Fsp3) is 0.357. The third-order valence-electron chi connectivity index (χ3n) is 2.93. The van der Waals surface area contributed by atoms with Crippen molar-refractivity contribution in [3.8, 4) is 5.75 Å². The van der Waals surface area contributed by atoms with Gasteiger partial charge >= 0.3 is 33.9 Å². The summed E-state index contributed by atoms with van der Waals surface area (Å²) in [5.74, 6) is -3.45. The molecule has 0 bridgehead atoms. The Labute approximate surface area is 156 Å². The van der Waals surface area contributed by atoms with Crippen molar-refractivity contribution < 1.29 is 61.6 Å². The van der Waals surface area contributed by atoms with Crippen LogP contribution in [0.15, 0.2) is 18.2 Å². The molecule has 1 aromatic carbocycles. The molecule has 0 saturated heterocycles. The molecule has 0 aromatic heterocycles. The Morgan fingerprint density at radius 1 is 0.966 bits per heavy atom. The highest BCUT2D eigenvalue weighted by Crippen LogP contribution is 2.47. The van der Waals surface area contributed by atoms with E-state index in [1.165, 1.54) is 6.92 Å². The van der Waals surface area contributed by atoms with Gasteiger partial charge < -0.3 is 8.92 Å². The lowest BCUT2D eigenvalue weighted by atomic mass is 9.98. The fourth-order valence-corrected chi connectivity index (χ4v) is 2.38. The van der Waals surface area contributed by atoms with Gasteiger partial charge in [0.15, 0.2) is 5.75 Å². The zero-order valence-corrected chi connectivity index (χ0v) is 14.7. The average molecular weight is 460 g/mol. The molecule has 1 aromatic rings. The van der Waals surface area contributed by atoms with Gasteiger partial charge in [-0.3, -0.25) is 0 Å². The standard InChI is InChI=1S/C14H9F9O5S/c1-2-27-9(24)6-4-7-3-5-8(28-29(25,26)14(21,22)23)11(13(18,19)20)10(7)12(15,16)17/h3-6H,2H2,1H3. The molecule has 15 heteroatoms. The normalized spacial score (nSPS) is 13.6. The molecule has 0 aliphatic carbocycles. The third kappa shape index (κ3) is 6.01. The summed E-state index contributed by atoms with van der Waals surface area (Å²) in [6, 6.07) is 0.154. The third-order valence-corrected chi connectivity index (χ3v) is 3.90. The van der Waals surface area contributed by atoms with Crippen LogP contribution in [-0.4, -0.2) is 26.5 Å². The van der Waals surface area contributed by atoms with Gasteiger partial charge in [-0.1, -0.05) is 6.07 Å². The number of benzene rings is 1. The molecule has 0 aliphatic rings. The number of hydrogen-bond donors (Lipinski definition) is 0. The first-order valence-corrected chi connectivity index (χ1v) is 8.49. The van der Waals surface area contributed by atoms with E-state index in [0.717, 1.165) is 0 Å². The summed E-state index contributed by atoms with van der Waals surface area (Å²) in [5, 5.41) is 0. The number of ether oxygens (including phenoxy) is 1. The van der Waals surface area contributed by atoms with E-state index in [1.54, 1.807) is 0 Å². The largest absolute Gasteiger partial charge is 0.534 e. The topological polar surface area (TPSA) is 69.7 Å². The highest BCUT2D eigenvalue weighted by atomic mass is 32.2. The van der Waals surface area contributed by atoms with Gasteiger partial charge in [-0.25, -0.2) is 4.79 Å². The molecule has 0 heterocycles. The number of esters is 1. The van der Waals surface area contributed by atoms with Crippen molar-refractivity contribution in [3.05, 3.63) is 34.9 Å². The lowest BCUT2D eigenvalue weighted by Gasteiger charge is -2.21. The predicted octanol–water partition coefficient (Wildman–Crippen LogP) is 4.53. The number of hydrogen-bond acceptors (Lipinski definition) is 5. The van der Waals surface area contributed by atoms with Gasteiger partial charge in [0.25, 0.3) is 0 Å². The van der Waals surface area contributed by atoms with E-state index in [9.17, 15) is 52.7 Å². The SMILES string of the molecule is CCOC(=O)C=Cc1ccc(OS(=O)(=O)C(F)(F)F)c(C(F)(F)F)c1C(F)(F)F. The fourth-order valence-electron chi connectivity index (χ4n) is 1.91. The minimum Gasteiger partial charge on any atom is -0.463 e. The van der Waals surface area contributed by atoms with Crippen LogP contribution in [-0.2, 0) is 32.0 Å². The second-order valence-corrected chi connectivity index (χ2v) is 6.50. The number of carbonyl (C=O) groups excluding carboxylic acids is 1. The molecule has 0 amide bonds. The van der Waals surface area contributed by atoms with Crippen molar-refractivity contribution in [1.82, 2.24) is 0 Å². The number of carbonyl (C=O) groups is 1. The molecule has 29 heavy (non-hydrogen) atoms. The Morgan fingerprint density at radius 3 is 1.90 bits per heavy atom. The lowest BCUT2D eigenvalue weighted by Crippen LogP contribution is -2.29. The molecular weight excluding hydrogens is 451 g/mol. The van der Waals surface area contributed by atoms with Gasteiger partial charge in [0.2, 0.25) is 0 Å². The molecule has 0 unspecified atom stereocenters. The average Bonchev–Trinajstić information content (AvgIpc) is 2.50. The van der Waals surface area contributed by atoms with E-state index in [-0.39, 0.29) is 24.8 Å². The van der Waals surface area contributed by atoms with E-state index in [4.69, 9.17) is 0 Å². The summed E-state index contributed by atoms with van der Waals surface area (Å²) >= 11 is 0. The van der Waals surface area contributed by atoms with Crippen molar-refractivity contribution in [2.45, 2.75) is 24.8 Å². The molecule has 0 aliphatic heterocycles. The molecule has 0 saturated carbocycles. The van der Waals surface area contributed by atoms with Crippen molar-refractivity contribution in [1.29, 1.82) is 0 Å². The monoisotopic (exact) mass is 460 g/mol. The van der Waals surface area contributed by atoms with Crippen LogP contribution in [0.1, 0.15) is 23.6 Å². The Balaban J connectivity index is 3.78. The summed E-state index contributed by atoms with van der Waals surface area (Å²) in [5.41, 5.74) is -12.9. The summed E-state index contributed by atoms with van der Waals surface area (Å²) in [7, 11) is -6.70. The smallest absolute Gasteiger partial charge is 0.463 e. The van der Waals surface area contributed by atoms with Crippen molar-refractivity contribution in [2.24, 2.45) is 0 Å². The highest BCUT2D eigenvalue weighted by Gasteiger charge is 2.52. The number of rotatable bonds is 5. The van der Waals surface area contributed by atoms with Crippen molar-refractivity contribution in [2.75, 3.05) is 6.61 Å². The zero-order valence-electron chi connectivity index (χ0n) is 13.9. The first kappa shape index (κ1) is 24.6. The molecular formula is C14H9F9O5S. The summed E-state index contributed by atoms with van der Waals surface area (Å²) in [4.78, 5) is 11.2.